The molecule has 0 aromatic heterocycles. The molecule has 0 unspecified atom stereocenters. The van der Waals surface area contributed by atoms with Gasteiger partial charge in [-0.25, -0.2) is 4.79 Å². The molecular weight excluding hydrogens is 298 g/mol. The number of anilines is 2. The highest BCUT2D eigenvalue weighted by molar-refractivity contribution is 6.01. The van der Waals surface area contributed by atoms with Crippen LogP contribution < -0.4 is 16.0 Å². The largest absolute Gasteiger partial charge is 0.465 e. The van der Waals surface area contributed by atoms with Crippen molar-refractivity contribution in [2.24, 2.45) is 5.73 Å². The van der Waals surface area contributed by atoms with E-state index >= 15 is 0 Å². The Bertz CT molecular complexity index is 591. The van der Waals surface area contributed by atoms with Gasteiger partial charge >= 0.3 is 5.97 Å². The third-order valence-corrected chi connectivity index (χ3v) is 4.00. The number of amides is 1. The van der Waals surface area contributed by atoms with Crippen molar-refractivity contribution in [3.05, 3.63) is 23.8 Å². The summed E-state index contributed by atoms with van der Waals surface area (Å²) in [4.78, 5) is 25.4. The van der Waals surface area contributed by atoms with Gasteiger partial charge in [0.2, 0.25) is 5.91 Å². The summed E-state index contributed by atoms with van der Waals surface area (Å²) in [6, 6.07) is 5.30. The second-order valence-corrected chi connectivity index (χ2v) is 5.58. The molecule has 3 N–H and O–H groups in total. The average Bonchev–Trinajstić information content (AvgIpc) is 2.54. The van der Waals surface area contributed by atoms with Crippen molar-refractivity contribution in [3.8, 4) is 0 Å². The zero-order valence-corrected chi connectivity index (χ0v) is 13.7. The van der Waals surface area contributed by atoms with E-state index in [1.807, 2.05) is 6.07 Å². The number of ether oxygens (including phenoxy) is 2. The van der Waals surface area contributed by atoms with Gasteiger partial charge in [-0.3, -0.25) is 4.79 Å². The Morgan fingerprint density at radius 3 is 2.70 bits per heavy atom. The number of nitrogens with two attached hydrogens (primary N) is 1. The van der Waals surface area contributed by atoms with Gasteiger partial charge in [-0.15, -0.1) is 0 Å². The molecule has 0 saturated carbocycles. The fraction of sp³-hybridized carbons (Fsp3) is 0.500. The van der Waals surface area contributed by atoms with E-state index in [1.54, 1.807) is 19.2 Å². The van der Waals surface area contributed by atoms with Crippen molar-refractivity contribution >= 4 is 23.3 Å². The van der Waals surface area contributed by atoms with Crippen LogP contribution in [0.2, 0.25) is 0 Å². The normalized spacial score (nSPS) is 21.0. The molecule has 126 valence electrons. The van der Waals surface area contributed by atoms with Gasteiger partial charge in [0.25, 0.3) is 0 Å². The molecule has 7 nitrogen and oxygen atoms in total. The summed E-state index contributed by atoms with van der Waals surface area (Å²) < 4.78 is 10.2. The maximum Gasteiger partial charge on any atom is 0.340 e. The Balaban J connectivity index is 2.29. The molecular formula is C16H23N3O4. The summed E-state index contributed by atoms with van der Waals surface area (Å²) in [5.74, 6) is -0.737. The monoisotopic (exact) mass is 321 g/mol. The number of rotatable bonds is 4. The zero-order valence-electron chi connectivity index (χ0n) is 13.7. The third kappa shape index (κ3) is 4.00. The predicted octanol–water partition coefficient (Wildman–Crippen LogP) is 0.984. The van der Waals surface area contributed by atoms with Gasteiger partial charge in [0, 0.05) is 38.9 Å². The molecule has 1 aromatic carbocycles. The smallest absolute Gasteiger partial charge is 0.340 e. The summed E-state index contributed by atoms with van der Waals surface area (Å²) in [7, 11) is 2.96. The van der Waals surface area contributed by atoms with Crippen LogP contribution >= 0.6 is 0 Å². The quantitative estimate of drug-likeness (QED) is 0.803. The molecule has 0 radical (unpaired) electrons. The lowest BCUT2D eigenvalue weighted by atomic mass is 10.0. The minimum absolute atomic E-state index is 0.00924. The maximum atomic E-state index is 12.0. The van der Waals surface area contributed by atoms with Crippen LogP contribution in [0.4, 0.5) is 11.4 Å². The molecule has 7 heteroatoms. The number of nitrogens with zero attached hydrogens (tertiary/aromatic N) is 1. The van der Waals surface area contributed by atoms with Crippen molar-refractivity contribution in [3.63, 3.8) is 0 Å². The fourth-order valence-corrected chi connectivity index (χ4v) is 2.72. The molecule has 1 fully saturated rings. The van der Waals surface area contributed by atoms with Gasteiger partial charge < -0.3 is 25.4 Å². The van der Waals surface area contributed by atoms with Crippen LogP contribution in [0.1, 0.15) is 23.7 Å². The van der Waals surface area contributed by atoms with Crippen LogP contribution in [0.25, 0.3) is 0 Å². The molecule has 1 saturated heterocycles. The topological polar surface area (TPSA) is 93.9 Å². The highest BCUT2D eigenvalue weighted by Gasteiger charge is 2.27. The molecule has 23 heavy (non-hydrogen) atoms. The van der Waals surface area contributed by atoms with E-state index in [1.165, 1.54) is 14.0 Å². The van der Waals surface area contributed by atoms with Crippen LogP contribution in [0.5, 0.6) is 0 Å². The zero-order chi connectivity index (χ0) is 17.0. The maximum absolute atomic E-state index is 12.0. The van der Waals surface area contributed by atoms with Crippen molar-refractivity contribution < 1.29 is 19.1 Å². The van der Waals surface area contributed by atoms with E-state index in [9.17, 15) is 9.59 Å². The number of piperidine rings is 1. The van der Waals surface area contributed by atoms with E-state index in [4.69, 9.17) is 15.2 Å². The average molecular weight is 321 g/mol. The standard InChI is InChI=1S/C16H23N3O4/c1-10(20)18-14-5-4-11(8-12(14)16(21)23-3)19-7-6-13(17)15(9-19)22-2/h4-5,8,13,15H,6-7,9,17H2,1-3H3,(H,18,20)/t13-,15+/m0/s1. The second-order valence-electron chi connectivity index (χ2n) is 5.58. The van der Waals surface area contributed by atoms with Crippen LogP contribution in [0.15, 0.2) is 18.2 Å². The molecule has 1 heterocycles. The van der Waals surface area contributed by atoms with E-state index in [-0.39, 0.29) is 18.1 Å². The molecule has 1 aliphatic heterocycles. The summed E-state index contributed by atoms with van der Waals surface area (Å²) in [6.07, 6.45) is 0.750. The summed E-state index contributed by atoms with van der Waals surface area (Å²) in [5.41, 5.74) is 7.66. The summed E-state index contributed by atoms with van der Waals surface area (Å²) >= 11 is 0. The van der Waals surface area contributed by atoms with Crippen molar-refractivity contribution in [1.29, 1.82) is 0 Å². The lowest BCUT2D eigenvalue weighted by molar-refractivity contribution is -0.114. The van der Waals surface area contributed by atoms with Crippen molar-refractivity contribution in [2.45, 2.75) is 25.5 Å². The number of benzene rings is 1. The number of hydrogen-bond acceptors (Lipinski definition) is 6. The SMILES string of the molecule is COC(=O)c1cc(N2CC[C@H](N)[C@H](OC)C2)ccc1NC(C)=O. The Labute approximate surface area is 135 Å². The van der Waals surface area contributed by atoms with Gasteiger partial charge in [-0.2, -0.15) is 0 Å². The number of hydrogen-bond donors (Lipinski definition) is 2. The van der Waals surface area contributed by atoms with E-state index < -0.39 is 5.97 Å². The summed E-state index contributed by atoms with van der Waals surface area (Å²) in [6.45, 7) is 2.82. The van der Waals surface area contributed by atoms with Gasteiger partial charge in [-0.1, -0.05) is 0 Å². The van der Waals surface area contributed by atoms with Gasteiger partial charge in [0.1, 0.15) is 0 Å². The molecule has 0 bridgehead atoms. The van der Waals surface area contributed by atoms with Crippen LogP contribution in [0.3, 0.4) is 0 Å². The first-order valence-electron chi connectivity index (χ1n) is 7.49. The molecule has 1 aliphatic rings. The number of esters is 1. The number of carbonyl (C=O) groups is 2. The Morgan fingerprint density at radius 2 is 2.09 bits per heavy atom. The molecule has 0 aliphatic carbocycles. The van der Waals surface area contributed by atoms with Gasteiger partial charge in [0.05, 0.1) is 24.5 Å². The van der Waals surface area contributed by atoms with E-state index in [2.05, 4.69) is 10.2 Å². The Morgan fingerprint density at radius 1 is 1.35 bits per heavy atom. The molecule has 1 amide bonds. The minimum Gasteiger partial charge on any atom is -0.465 e. The van der Waals surface area contributed by atoms with Gasteiger partial charge in [0.15, 0.2) is 0 Å². The second kappa shape index (κ2) is 7.43. The van der Waals surface area contributed by atoms with Crippen molar-refractivity contribution in [2.75, 3.05) is 37.5 Å². The lowest BCUT2D eigenvalue weighted by Gasteiger charge is -2.37. The molecule has 2 rings (SSSR count). The summed E-state index contributed by atoms with van der Waals surface area (Å²) in [5, 5.41) is 2.64. The van der Waals surface area contributed by atoms with Crippen LogP contribution in [-0.2, 0) is 14.3 Å². The number of carbonyl (C=O) groups excluding carboxylic acids is 2. The third-order valence-electron chi connectivity index (χ3n) is 4.00. The fourth-order valence-electron chi connectivity index (χ4n) is 2.72. The Hall–Kier alpha value is -2.12. The minimum atomic E-state index is -0.493. The first kappa shape index (κ1) is 17.2. The highest BCUT2D eigenvalue weighted by Crippen LogP contribution is 2.27. The van der Waals surface area contributed by atoms with E-state index in [0.29, 0.717) is 17.8 Å². The molecule has 0 spiro atoms. The number of nitrogens with one attached hydrogen (secondary N) is 1. The Kier molecular flexibility index (Phi) is 5.57. The van der Waals surface area contributed by atoms with Crippen LogP contribution in [0, 0.1) is 0 Å². The van der Waals surface area contributed by atoms with Crippen LogP contribution in [-0.4, -0.2) is 51.3 Å². The molecule has 1 aromatic rings. The predicted molar refractivity (Wildman–Crippen MR) is 87.7 cm³/mol. The lowest BCUT2D eigenvalue weighted by Crippen LogP contribution is -2.51. The molecule has 2 atom stereocenters. The van der Waals surface area contributed by atoms with Crippen molar-refractivity contribution in [1.82, 2.24) is 0 Å². The highest BCUT2D eigenvalue weighted by atomic mass is 16.5. The van der Waals surface area contributed by atoms with E-state index in [0.717, 1.165) is 18.7 Å². The first-order chi connectivity index (χ1) is 11.0. The first-order valence-corrected chi connectivity index (χ1v) is 7.49. The number of methoxy groups -OCH3 is 2. The van der Waals surface area contributed by atoms with Gasteiger partial charge in [-0.05, 0) is 24.6 Å².